The Labute approximate surface area is 169 Å². The largest absolute Gasteiger partial charge is 0.378 e. The zero-order chi connectivity index (χ0) is 19.2. The molecule has 7 heteroatoms. The number of morpholine rings is 1. The van der Waals surface area contributed by atoms with Crippen LogP contribution in [-0.2, 0) is 9.53 Å². The van der Waals surface area contributed by atoms with Gasteiger partial charge in [-0.2, -0.15) is 0 Å². The van der Waals surface area contributed by atoms with Crippen LogP contribution in [0.1, 0.15) is 18.5 Å². The molecule has 0 spiro atoms. The molecular formula is C20H23Cl2N3O2. The number of benzene rings is 2. The Morgan fingerprint density at radius 3 is 2.67 bits per heavy atom. The summed E-state index contributed by atoms with van der Waals surface area (Å²) in [5, 5.41) is 7.38. The van der Waals surface area contributed by atoms with Crippen LogP contribution in [0.15, 0.2) is 42.5 Å². The number of rotatable bonds is 6. The molecule has 0 aromatic heterocycles. The highest BCUT2D eigenvalue weighted by atomic mass is 35.5. The molecule has 0 aliphatic carbocycles. The Balaban J connectivity index is 1.59. The van der Waals surface area contributed by atoms with Crippen molar-refractivity contribution in [3.05, 3.63) is 58.1 Å². The molecule has 2 N–H and O–H groups in total. The monoisotopic (exact) mass is 407 g/mol. The third kappa shape index (κ3) is 5.36. The second kappa shape index (κ2) is 9.42. The third-order valence-electron chi connectivity index (χ3n) is 4.53. The van der Waals surface area contributed by atoms with E-state index in [0.29, 0.717) is 23.3 Å². The summed E-state index contributed by atoms with van der Waals surface area (Å²) in [7, 11) is 0. The first-order chi connectivity index (χ1) is 13.0. The predicted molar refractivity (Wildman–Crippen MR) is 111 cm³/mol. The lowest BCUT2D eigenvalue weighted by molar-refractivity contribution is -0.115. The average Bonchev–Trinajstić information content (AvgIpc) is 2.67. The summed E-state index contributed by atoms with van der Waals surface area (Å²) in [5.41, 5.74) is 2.73. The molecule has 1 unspecified atom stereocenters. The van der Waals surface area contributed by atoms with Crippen molar-refractivity contribution in [2.45, 2.75) is 13.0 Å². The van der Waals surface area contributed by atoms with Crippen molar-refractivity contribution in [2.75, 3.05) is 43.1 Å². The lowest BCUT2D eigenvalue weighted by Crippen LogP contribution is -2.37. The third-order valence-corrected chi connectivity index (χ3v) is 5.09. The van der Waals surface area contributed by atoms with Crippen LogP contribution >= 0.6 is 23.2 Å². The molecule has 3 rings (SSSR count). The first kappa shape index (κ1) is 20.0. The number of nitrogens with one attached hydrogen (secondary N) is 2. The second-order valence-corrected chi connectivity index (χ2v) is 7.28. The maximum Gasteiger partial charge on any atom is 0.238 e. The number of para-hydroxylation sites is 2. The van der Waals surface area contributed by atoms with Crippen LogP contribution in [0.2, 0.25) is 10.0 Å². The van der Waals surface area contributed by atoms with Crippen LogP contribution in [0.4, 0.5) is 11.4 Å². The molecule has 2 aromatic rings. The van der Waals surface area contributed by atoms with Crippen molar-refractivity contribution in [3.63, 3.8) is 0 Å². The lowest BCUT2D eigenvalue weighted by Gasteiger charge is -2.30. The minimum Gasteiger partial charge on any atom is -0.378 e. The SMILES string of the molecule is CC(NCC(=O)Nc1ccccc1N1CCOCC1)c1ccc(Cl)cc1Cl. The van der Waals surface area contributed by atoms with Gasteiger partial charge in [0.05, 0.1) is 31.1 Å². The first-order valence-electron chi connectivity index (χ1n) is 8.94. The summed E-state index contributed by atoms with van der Waals surface area (Å²) < 4.78 is 5.41. The quantitative estimate of drug-likeness (QED) is 0.755. The van der Waals surface area contributed by atoms with Gasteiger partial charge in [-0.15, -0.1) is 0 Å². The molecule has 1 aliphatic rings. The van der Waals surface area contributed by atoms with Crippen molar-refractivity contribution in [2.24, 2.45) is 0 Å². The van der Waals surface area contributed by atoms with Gasteiger partial charge in [0.15, 0.2) is 0 Å². The van der Waals surface area contributed by atoms with E-state index in [-0.39, 0.29) is 18.5 Å². The van der Waals surface area contributed by atoms with Crippen molar-refractivity contribution in [3.8, 4) is 0 Å². The van der Waals surface area contributed by atoms with Crippen molar-refractivity contribution >= 4 is 40.5 Å². The molecule has 2 aromatic carbocycles. The minimum atomic E-state index is -0.104. The molecule has 5 nitrogen and oxygen atoms in total. The molecule has 0 saturated carbocycles. The number of hydrogen-bond acceptors (Lipinski definition) is 4. The zero-order valence-electron chi connectivity index (χ0n) is 15.2. The van der Waals surface area contributed by atoms with Gasteiger partial charge in [0.25, 0.3) is 0 Å². The number of amides is 1. The van der Waals surface area contributed by atoms with Gasteiger partial charge in [0, 0.05) is 29.2 Å². The topological polar surface area (TPSA) is 53.6 Å². The highest BCUT2D eigenvalue weighted by Gasteiger charge is 2.16. The lowest BCUT2D eigenvalue weighted by atomic mass is 10.1. The Morgan fingerprint density at radius 1 is 1.19 bits per heavy atom. The maximum atomic E-state index is 12.5. The van der Waals surface area contributed by atoms with E-state index in [1.807, 2.05) is 37.3 Å². The number of hydrogen-bond donors (Lipinski definition) is 2. The molecule has 0 bridgehead atoms. The first-order valence-corrected chi connectivity index (χ1v) is 9.70. The van der Waals surface area contributed by atoms with Gasteiger partial charge in [-0.1, -0.05) is 41.4 Å². The van der Waals surface area contributed by atoms with Gasteiger partial charge >= 0.3 is 0 Å². The van der Waals surface area contributed by atoms with E-state index < -0.39 is 0 Å². The summed E-state index contributed by atoms with van der Waals surface area (Å²) in [6.07, 6.45) is 0. The van der Waals surface area contributed by atoms with Crippen molar-refractivity contribution in [1.29, 1.82) is 0 Å². The van der Waals surface area contributed by atoms with Gasteiger partial charge in [0.1, 0.15) is 0 Å². The number of anilines is 2. The van der Waals surface area contributed by atoms with Crippen LogP contribution < -0.4 is 15.5 Å². The van der Waals surface area contributed by atoms with E-state index in [1.54, 1.807) is 12.1 Å². The molecular weight excluding hydrogens is 385 g/mol. The molecule has 27 heavy (non-hydrogen) atoms. The fraction of sp³-hybridized carbons (Fsp3) is 0.350. The number of carbonyl (C=O) groups is 1. The molecule has 1 aliphatic heterocycles. The van der Waals surface area contributed by atoms with Gasteiger partial charge in [-0.25, -0.2) is 0 Å². The maximum absolute atomic E-state index is 12.5. The van der Waals surface area contributed by atoms with Crippen LogP contribution in [0.5, 0.6) is 0 Å². The van der Waals surface area contributed by atoms with Gasteiger partial charge in [0.2, 0.25) is 5.91 Å². The Hall–Kier alpha value is -1.79. The standard InChI is InChI=1S/C20H23Cl2N3O2/c1-14(16-7-6-15(21)12-17(16)22)23-13-20(26)24-18-4-2-3-5-19(18)25-8-10-27-11-9-25/h2-7,12,14,23H,8-11,13H2,1H3,(H,24,26). The van der Waals surface area contributed by atoms with Crippen molar-refractivity contribution in [1.82, 2.24) is 5.32 Å². The zero-order valence-corrected chi connectivity index (χ0v) is 16.7. The van der Waals surface area contributed by atoms with E-state index in [0.717, 1.165) is 30.0 Å². The Bertz CT molecular complexity index is 795. The van der Waals surface area contributed by atoms with Gasteiger partial charge in [-0.05, 0) is 36.8 Å². The van der Waals surface area contributed by atoms with Gasteiger partial charge in [-0.3, -0.25) is 4.79 Å². The minimum absolute atomic E-state index is 0.0741. The summed E-state index contributed by atoms with van der Waals surface area (Å²) >= 11 is 12.2. The molecule has 1 atom stereocenters. The highest BCUT2D eigenvalue weighted by Crippen LogP contribution is 2.27. The van der Waals surface area contributed by atoms with E-state index in [1.165, 1.54) is 0 Å². The van der Waals surface area contributed by atoms with Crippen LogP contribution in [0, 0.1) is 0 Å². The van der Waals surface area contributed by atoms with Crippen molar-refractivity contribution < 1.29 is 9.53 Å². The molecule has 1 heterocycles. The normalized spacial score (nSPS) is 15.4. The van der Waals surface area contributed by atoms with E-state index in [2.05, 4.69) is 15.5 Å². The smallest absolute Gasteiger partial charge is 0.238 e. The fourth-order valence-electron chi connectivity index (χ4n) is 3.06. The number of ether oxygens (including phenoxy) is 1. The summed E-state index contributed by atoms with van der Waals surface area (Å²) in [5.74, 6) is -0.104. The average molecular weight is 408 g/mol. The fourth-order valence-corrected chi connectivity index (χ4v) is 3.63. The number of halogens is 2. The molecule has 0 radical (unpaired) electrons. The van der Waals surface area contributed by atoms with Crippen LogP contribution in [0.3, 0.4) is 0 Å². The Morgan fingerprint density at radius 2 is 1.93 bits per heavy atom. The molecule has 1 amide bonds. The van der Waals surface area contributed by atoms with E-state index in [4.69, 9.17) is 27.9 Å². The Kier molecular flexibility index (Phi) is 6.96. The van der Waals surface area contributed by atoms with E-state index >= 15 is 0 Å². The van der Waals surface area contributed by atoms with Crippen LogP contribution in [0.25, 0.3) is 0 Å². The van der Waals surface area contributed by atoms with E-state index in [9.17, 15) is 4.79 Å². The predicted octanol–water partition coefficient (Wildman–Crippen LogP) is 4.12. The second-order valence-electron chi connectivity index (χ2n) is 6.43. The summed E-state index contributed by atoms with van der Waals surface area (Å²) in [6, 6.07) is 13.1. The molecule has 1 saturated heterocycles. The number of carbonyl (C=O) groups excluding carboxylic acids is 1. The van der Waals surface area contributed by atoms with Gasteiger partial charge < -0.3 is 20.3 Å². The number of nitrogens with zero attached hydrogens (tertiary/aromatic N) is 1. The highest BCUT2D eigenvalue weighted by molar-refractivity contribution is 6.35. The molecule has 1 fully saturated rings. The summed E-state index contributed by atoms with van der Waals surface area (Å²) in [4.78, 5) is 14.7. The molecule has 144 valence electrons. The van der Waals surface area contributed by atoms with Crippen LogP contribution in [-0.4, -0.2) is 38.8 Å². The summed E-state index contributed by atoms with van der Waals surface area (Å²) in [6.45, 7) is 5.17.